The van der Waals surface area contributed by atoms with Gasteiger partial charge in [-0.1, -0.05) is 25.3 Å². The number of carbonyl (C=O) groups is 1. The molecule has 1 fully saturated rings. The monoisotopic (exact) mass is 138 g/mol. The minimum Gasteiger partial charge on any atom is -0.299 e. The molecule has 0 atom stereocenters. The molecule has 0 unspecified atom stereocenters. The third-order valence-electron chi connectivity index (χ3n) is 2.11. The van der Waals surface area contributed by atoms with Crippen molar-refractivity contribution >= 4 is 6.29 Å². The summed E-state index contributed by atoms with van der Waals surface area (Å²) in [5.74, 6) is 0.693. The van der Waals surface area contributed by atoms with Gasteiger partial charge in [0.25, 0.3) is 0 Å². The van der Waals surface area contributed by atoms with Gasteiger partial charge in [0.1, 0.15) is 6.29 Å². The summed E-state index contributed by atoms with van der Waals surface area (Å²) in [6.45, 7) is 0. The summed E-state index contributed by atoms with van der Waals surface area (Å²) in [7, 11) is 0. The van der Waals surface area contributed by atoms with Gasteiger partial charge < -0.3 is 0 Å². The van der Waals surface area contributed by atoms with Crippen molar-refractivity contribution in [2.75, 3.05) is 0 Å². The quantitative estimate of drug-likeness (QED) is 0.423. The van der Waals surface area contributed by atoms with Gasteiger partial charge in [0.15, 0.2) is 0 Å². The molecule has 0 aromatic carbocycles. The lowest BCUT2D eigenvalue weighted by atomic mass is 9.89. The third-order valence-corrected chi connectivity index (χ3v) is 2.11. The molecule has 1 aliphatic rings. The lowest BCUT2D eigenvalue weighted by molar-refractivity contribution is -0.104. The van der Waals surface area contributed by atoms with Gasteiger partial charge in [-0.15, -0.1) is 0 Å². The van der Waals surface area contributed by atoms with Gasteiger partial charge in [-0.3, -0.25) is 4.79 Å². The molecule has 1 heteroatoms. The lowest BCUT2D eigenvalue weighted by Gasteiger charge is -2.17. The normalized spacial score (nSPS) is 21.6. The molecule has 0 aromatic rings. The highest BCUT2D eigenvalue weighted by Crippen LogP contribution is 2.24. The van der Waals surface area contributed by atoms with Crippen LogP contribution in [-0.2, 0) is 4.79 Å². The molecular formula is C9H14O. The molecule has 1 aliphatic carbocycles. The highest BCUT2D eigenvalue weighted by atomic mass is 16.1. The topological polar surface area (TPSA) is 17.1 Å². The minimum absolute atomic E-state index is 0.693. The van der Waals surface area contributed by atoms with Crippen molar-refractivity contribution in [3.8, 4) is 0 Å². The standard InChI is InChI=1S/C9H14O/c10-8-4-7-9-5-2-1-3-6-9/h4,7-9H,1-3,5-6H2/b7-4-. The molecule has 0 aromatic heterocycles. The predicted molar refractivity (Wildman–Crippen MR) is 41.8 cm³/mol. The van der Waals surface area contributed by atoms with E-state index >= 15 is 0 Å². The lowest BCUT2D eigenvalue weighted by Crippen LogP contribution is -2.02. The minimum atomic E-state index is 0.693. The van der Waals surface area contributed by atoms with E-state index < -0.39 is 0 Å². The Morgan fingerprint density at radius 2 is 1.80 bits per heavy atom. The van der Waals surface area contributed by atoms with Crippen molar-refractivity contribution in [3.05, 3.63) is 12.2 Å². The van der Waals surface area contributed by atoms with Gasteiger partial charge in [-0.05, 0) is 24.8 Å². The van der Waals surface area contributed by atoms with Crippen LogP contribution in [-0.4, -0.2) is 6.29 Å². The van der Waals surface area contributed by atoms with Gasteiger partial charge in [-0.25, -0.2) is 0 Å². The fraction of sp³-hybridized carbons (Fsp3) is 0.667. The average Bonchev–Trinajstić information content (AvgIpc) is 2.03. The van der Waals surface area contributed by atoms with Crippen molar-refractivity contribution < 1.29 is 4.79 Å². The molecule has 0 N–H and O–H groups in total. The van der Waals surface area contributed by atoms with Crippen molar-refractivity contribution in [3.63, 3.8) is 0 Å². The van der Waals surface area contributed by atoms with Crippen LogP contribution in [0.5, 0.6) is 0 Å². The van der Waals surface area contributed by atoms with E-state index in [-0.39, 0.29) is 0 Å². The Morgan fingerprint density at radius 3 is 2.40 bits per heavy atom. The summed E-state index contributed by atoms with van der Waals surface area (Å²) in [5.41, 5.74) is 0. The Balaban J connectivity index is 2.25. The van der Waals surface area contributed by atoms with Crippen molar-refractivity contribution in [2.24, 2.45) is 5.92 Å². The second kappa shape index (κ2) is 4.26. The van der Waals surface area contributed by atoms with Gasteiger partial charge >= 0.3 is 0 Å². The Labute approximate surface area is 62.1 Å². The molecule has 1 rings (SSSR count). The molecule has 10 heavy (non-hydrogen) atoms. The van der Waals surface area contributed by atoms with Gasteiger partial charge in [0, 0.05) is 0 Å². The molecule has 56 valence electrons. The SMILES string of the molecule is O=C/C=C\C1CCCCC1. The maximum Gasteiger partial charge on any atom is 0.142 e. The van der Waals surface area contributed by atoms with Crippen molar-refractivity contribution in [1.29, 1.82) is 0 Å². The second-order valence-corrected chi connectivity index (χ2v) is 2.92. The first-order valence-electron chi connectivity index (χ1n) is 4.05. The highest BCUT2D eigenvalue weighted by molar-refractivity contribution is 5.64. The zero-order valence-corrected chi connectivity index (χ0v) is 6.25. The van der Waals surface area contributed by atoms with Gasteiger partial charge in [0.05, 0.1) is 0 Å². The van der Waals surface area contributed by atoms with E-state index in [2.05, 4.69) is 0 Å². The van der Waals surface area contributed by atoms with E-state index in [0.29, 0.717) is 5.92 Å². The first-order chi connectivity index (χ1) is 4.93. The van der Waals surface area contributed by atoms with Crippen LogP contribution < -0.4 is 0 Å². The summed E-state index contributed by atoms with van der Waals surface area (Å²) in [5, 5.41) is 0. The van der Waals surface area contributed by atoms with E-state index in [4.69, 9.17) is 0 Å². The Morgan fingerprint density at radius 1 is 1.10 bits per heavy atom. The zero-order chi connectivity index (χ0) is 7.23. The molecule has 0 saturated heterocycles. The maximum absolute atomic E-state index is 9.96. The van der Waals surface area contributed by atoms with Crippen molar-refractivity contribution in [2.45, 2.75) is 32.1 Å². The molecular weight excluding hydrogens is 124 g/mol. The molecule has 1 nitrogen and oxygen atoms in total. The van der Waals surface area contributed by atoms with E-state index in [0.717, 1.165) is 6.29 Å². The number of allylic oxidation sites excluding steroid dienone is 2. The fourth-order valence-electron chi connectivity index (χ4n) is 1.53. The smallest absolute Gasteiger partial charge is 0.142 e. The number of carbonyl (C=O) groups excluding carboxylic acids is 1. The Bertz CT molecular complexity index is 121. The van der Waals surface area contributed by atoms with Gasteiger partial charge in [-0.2, -0.15) is 0 Å². The van der Waals surface area contributed by atoms with Crippen LogP contribution in [0.2, 0.25) is 0 Å². The van der Waals surface area contributed by atoms with Crippen LogP contribution in [0.15, 0.2) is 12.2 Å². The molecule has 1 saturated carbocycles. The molecule has 0 heterocycles. The van der Waals surface area contributed by atoms with E-state index in [1.807, 2.05) is 6.08 Å². The summed E-state index contributed by atoms with van der Waals surface area (Å²) in [4.78, 5) is 9.96. The Kier molecular flexibility index (Phi) is 3.20. The maximum atomic E-state index is 9.96. The third kappa shape index (κ3) is 2.34. The van der Waals surface area contributed by atoms with Crippen LogP contribution in [0.4, 0.5) is 0 Å². The van der Waals surface area contributed by atoms with Crippen LogP contribution in [0.25, 0.3) is 0 Å². The number of aldehydes is 1. The number of hydrogen-bond donors (Lipinski definition) is 0. The van der Waals surface area contributed by atoms with E-state index in [1.54, 1.807) is 6.08 Å². The molecule has 0 aliphatic heterocycles. The first-order valence-corrected chi connectivity index (χ1v) is 4.05. The number of rotatable bonds is 2. The molecule has 0 amide bonds. The van der Waals surface area contributed by atoms with Crippen LogP contribution >= 0.6 is 0 Å². The molecule has 0 bridgehead atoms. The summed E-state index contributed by atoms with van der Waals surface area (Å²) >= 11 is 0. The van der Waals surface area contributed by atoms with Crippen LogP contribution in [0, 0.1) is 5.92 Å². The number of hydrogen-bond acceptors (Lipinski definition) is 1. The fourth-order valence-corrected chi connectivity index (χ4v) is 1.53. The molecule has 0 radical (unpaired) electrons. The predicted octanol–water partition coefficient (Wildman–Crippen LogP) is 2.32. The summed E-state index contributed by atoms with van der Waals surface area (Å²) in [6, 6.07) is 0. The first kappa shape index (κ1) is 7.52. The van der Waals surface area contributed by atoms with E-state index in [1.165, 1.54) is 32.1 Å². The highest BCUT2D eigenvalue weighted by Gasteiger charge is 2.08. The summed E-state index contributed by atoms with van der Waals surface area (Å²) < 4.78 is 0. The zero-order valence-electron chi connectivity index (χ0n) is 6.25. The van der Waals surface area contributed by atoms with Crippen LogP contribution in [0.3, 0.4) is 0 Å². The van der Waals surface area contributed by atoms with Gasteiger partial charge in [0.2, 0.25) is 0 Å². The van der Waals surface area contributed by atoms with Crippen LogP contribution in [0.1, 0.15) is 32.1 Å². The largest absolute Gasteiger partial charge is 0.299 e. The average molecular weight is 138 g/mol. The molecule has 0 spiro atoms. The van der Waals surface area contributed by atoms with E-state index in [9.17, 15) is 4.79 Å². The van der Waals surface area contributed by atoms with Crippen molar-refractivity contribution in [1.82, 2.24) is 0 Å². The Hall–Kier alpha value is -0.590. The summed E-state index contributed by atoms with van der Waals surface area (Å²) in [6.07, 6.45) is 11.2. The second-order valence-electron chi connectivity index (χ2n) is 2.92.